The monoisotopic (exact) mass is 314 g/mol. The summed E-state index contributed by atoms with van der Waals surface area (Å²) in [4.78, 5) is 0. The van der Waals surface area contributed by atoms with Gasteiger partial charge in [0.25, 0.3) is 0 Å². The van der Waals surface area contributed by atoms with Gasteiger partial charge in [-0.2, -0.15) is 0 Å². The lowest BCUT2D eigenvalue weighted by atomic mass is 10.0. The van der Waals surface area contributed by atoms with Gasteiger partial charge in [-0.1, -0.05) is 12.1 Å². The van der Waals surface area contributed by atoms with Crippen molar-refractivity contribution < 1.29 is 24.1 Å². The molecule has 5 nitrogen and oxygen atoms in total. The number of phenols is 1. The van der Waals surface area contributed by atoms with Crippen molar-refractivity contribution in [1.29, 1.82) is 0 Å². The van der Waals surface area contributed by atoms with Crippen molar-refractivity contribution in [3.63, 3.8) is 0 Å². The Morgan fingerprint density at radius 2 is 1.43 bits per heavy atom. The van der Waals surface area contributed by atoms with E-state index in [0.29, 0.717) is 19.0 Å². The highest BCUT2D eigenvalue weighted by molar-refractivity contribution is 5.67. The van der Waals surface area contributed by atoms with Crippen LogP contribution in [0.1, 0.15) is 0 Å². The minimum atomic E-state index is 0.181. The summed E-state index contributed by atoms with van der Waals surface area (Å²) in [5.41, 5.74) is 1.89. The minimum absolute atomic E-state index is 0.181. The first-order chi connectivity index (χ1) is 11.3. The predicted molar refractivity (Wildman–Crippen MR) is 84.0 cm³/mol. The lowest BCUT2D eigenvalue weighted by Crippen LogP contribution is -2.04. The summed E-state index contributed by atoms with van der Waals surface area (Å²) in [6.07, 6.45) is 0.434. The molecule has 2 aromatic carbocycles. The maximum Gasteiger partial charge on any atom is 0.123 e. The predicted octanol–water partition coefficient (Wildman–Crippen LogP) is 2.61. The Hall–Kier alpha value is -2.24. The number of hydrogen-bond acceptors (Lipinski definition) is 5. The minimum Gasteiger partial charge on any atom is -0.508 e. The van der Waals surface area contributed by atoms with Gasteiger partial charge in [0.05, 0.1) is 13.2 Å². The Balaban J connectivity index is 1.46. The summed E-state index contributed by atoms with van der Waals surface area (Å²) in [5.74, 6) is 1.63. The lowest BCUT2D eigenvalue weighted by molar-refractivity contribution is 0.262. The molecule has 2 aliphatic heterocycles. The molecule has 2 unspecified atom stereocenters. The van der Waals surface area contributed by atoms with Crippen LogP contribution < -0.4 is 9.47 Å². The van der Waals surface area contributed by atoms with E-state index in [9.17, 15) is 5.11 Å². The van der Waals surface area contributed by atoms with Crippen LogP contribution in [0.2, 0.25) is 0 Å². The molecule has 0 aromatic heterocycles. The fourth-order valence-corrected chi connectivity index (χ4v) is 2.28. The zero-order valence-corrected chi connectivity index (χ0v) is 12.6. The van der Waals surface area contributed by atoms with Gasteiger partial charge >= 0.3 is 0 Å². The quantitative estimate of drug-likeness (QED) is 0.796. The van der Waals surface area contributed by atoms with E-state index in [2.05, 4.69) is 0 Å². The van der Waals surface area contributed by atoms with Crippen LogP contribution in [0.15, 0.2) is 42.5 Å². The molecule has 2 saturated heterocycles. The number of rotatable bonds is 7. The van der Waals surface area contributed by atoms with Gasteiger partial charge in [0, 0.05) is 6.07 Å². The molecule has 0 aliphatic carbocycles. The first kappa shape index (κ1) is 14.4. The van der Waals surface area contributed by atoms with Gasteiger partial charge in [-0.25, -0.2) is 0 Å². The van der Waals surface area contributed by atoms with E-state index in [-0.39, 0.29) is 18.0 Å². The zero-order valence-electron chi connectivity index (χ0n) is 12.6. The summed E-state index contributed by atoms with van der Waals surface area (Å²) >= 11 is 0. The lowest BCUT2D eigenvalue weighted by Gasteiger charge is -2.09. The number of ether oxygens (including phenoxy) is 4. The Morgan fingerprint density at radius 1 is 0.826 bits per heavy atom. The Morgan fingerprint density at radius 3 is 2.04 bits per heavy atom. The molecule has 2 fully saturated rings. The molecule has 120 valence electrons. The Bertz CT molecular complexity index is 674. The van der Waals surface area contributed by atoms with Crippen molar-refractivity contribution in [2.45, 2.75) is 12.2 Å². The van der Waals surface area contributed by atoms with Gasteiger partial charge in [-0.05, 0) is 35.4 Å². The summed E-state index contributed by atoms with van der Waals surface area (Å²) < 4.78 is 21.5. The second kappa shape index (κ2) is 6.10. The molecule has 4 rings (SSSR count). The molecule has 1 N–H and O–H groups in total. The maximum absolute atomic E-state index is 9.89. The molecule has 0 amide bonds. The van der Waals surface area contributed by atoms with E-state index in [1.165, 1.54) is 0 Å². The summed E-state index contributed by atoms with van der Waals surface area (Å²) in [6, 6.07) is 13.0. The van der Waals surface area contributed by atoms with Gasteiger partial charge < -0.3 is 24.1 Å². The summed E-state index contributed by atoms with van der Waals surface area (Å²) in [5, 5.41) is 9.89. The molecular weight excluding hydrogens is 296 g/mol. The zero-order chi connectivity index (χ0) is 15.6. The second-order valence-corrected chi connectivity index (χ2v) is 5.77. The second-order valence-electron chi connectivity index (χ2n) is 5.77. The first-order valence-electron chi connectivity index (χ1n) is 7.69. The molecule has 2 aliphatic rings. The SMILES string of the molecule is Oc1cc(OCC2CO2)cc(-c2ccc(OCC3CO3)cc2)c1. The van der Waals surface area contributed by atoms with Gasteiger partial charge in [0.2, 0.25) is 0 Å². The van der Waals surface area contributed by atoms with E-state index in [0.717, 1.165) is 30.1 Å². The standard InChI is InChI=1S/C18H18O5/c19-14-5-13(6-16(7-14)21-9-18-11-23-18)12-1-3-15(4-2-12)20-8-17-10-22-17/h1-7,17-19H,8-11H2. The molecule has 0 radical (unpaired) electrons. The number of phenolic OH excluding ortho intramolecular Hbond substituents is 1. The van der Waals surface area contributed by atoms with E-state index >= 15 is 0 Å². The van der Waals surface area contributed by atoms with Crippen LogP contribution in [-0.2, 0) is 9.47 Å². The third-order valence-electron chi connectivity index (χ3n) is 3.76. The van der Waals surface area contributed by atoms with E-state index < -0.39 is 0 Å². The molecule has 2 atom stereocenters. The van der Waals surface area contributed by atoms with Crippen molar-refractivity contribution in [2.75, 3.05) is 26.4 Å². The van der Waals surface area contributed by atoms with Crippen LogP contribution in [-0.4, -0.2) is 43.7 Å². The molecule has 23 heavy (non-hydrogen) atoms. The number of hydrogen-bond donors (Lipinski definition) is 1. The molecule has 0 bridgehead atoms. The normalized spacial score (nSPS) is 21.7. The number of aromatic hydroxyl groups is 1. The van der Waals surface area contributed by atoms with Gasteiger partial charge in [-0.15, -0.1) is 0 Å². The molecule has 2 heterocycles. The number of benzene rings is 2. The van der Waals surface area contributed by atoms with Crippen LogP contribution in [0.5, 0.6) is 17.2 Å². The topological polar surface area (TPSA) is 63.8 Å². The third-order valence-corrected chi connectivity index (χ3v) is 3.76. The van der Waals surface area contributed by atoms with Crippen molar-refractivity contribution in [2.24, 2.45) is 0 Å². The van der Waals surface area contributed by atoms with Crippen molar-refractivity contribution >= 4 is 0 Å². The van der Waals surface area contributed by atoms with E-state index in [4.69, 9.17) is 18.9 Å². The number of epoxide rings is 2. The van der Waals surface area contributed by atoms with Gasteiger partial charge in [0.15, 0.2) is 0 Å². The fraction of sp³-hybridized carbons (Fsp3) is 0.333. The van der Waals surface area contributed by atoms with Crippen molar-refractivity contribution in [3.8, 4) is 28.4 Å². The highest BCUT2D eigenvalue weighted by Crippen LogP contribution is 2.31. The van der Waals surface area contributed by atoms with Crippen LogP contribution in [0.4, 0.5) is 0 Å². The van der Waals surface area contributed by atoms with E-state index in [1.807, 2.05) is 30.3 Å². The van der Waals surface area contributed by atoms with Crippen molar-refractivity contribution in [1.82, 2.24) is 0 Å². The fourth-order valence-electron chi connectivity index (χ4n) is 2.28. The average Bonchev–Trinajstić information content (AvgIpc) is 3.46. The average molecular weight is 314 g/mol. The summed E-state index contributed by atoms with van der Waals surface area (Å²) in [7, 11) is 0. The van der Waals surface area contributed by atoms with Crippen LogP contribution >= 0.6 is 0 Å². The third kappa shape index (κ3) is 3.94. The van der Waals surface area contributed by atoms with Crippen LogP contribution in [0.25, 0.3) is 11.1 Å². The maximum atomic E-state index is 9.89. The van der Waals surface area contributed by atoms with E-state index in [1.54, 1.807) is 12.1 Å². The molecule has 0 saturated carbocycles. The largest absolute Gasteiger partial charge is 0.508 e. The summed E-state index contributed by atoms with van der Waals surface area (Å²) in [6.45, 7) is 2.64. The Kier molecular flexibility index (Phi) is 3.81. The Labute approximate surface area is 134 Å². The molecular formula is C18H18O5. The van der Waals surface area contributed by atoms with Crippen LogP contribution in [0, 0.1) is 0 Å². The first-order valence-corrected chi connectivity index (χ1v) is 7.69. The highest BCUT2D eigenvalue weighted by atomic mass is 16.6. The van der Waals surface area contributed by atoms with Gasteiger partial charge in [0.1, 0.15) is 42.7 Å². The molecule has 5 heteroatoms. The molecule has 0 spiro atoms. The van der Waals surface area contributed by atoms with Gasteiger partial charge in [-0.3, -0.25) is 0 Å². The van der Waals surface area contributed by atoms with Crippen LogP contribution in [0.3, 0.4) is 0 Å². The molecule has 2 aromatic rings. The smallest absolute Gasteiger partial charge is 0.123 e. The van der Waals surface area contributed by atoms with Crippen molar-refractivity contribution in [3.05, 3.63) is 42.5 Å². The highest BCUT2D eigenvalue weighted by Gasteiger charge is 2.23.